The predicted molar refractivity (Wildman–Crippen MR) is 87.2 cm³/mol. The van der Waals surface area contributed by atoms with E-state index in [9.17, 15) is 14.4 Å². The van der Waals surface area contributed by atoms with Gasteiger partial charge in [0.2, 0.25) is 17.7 Å². The number of carbonyl (C=O) groups excluding carboxylic acids is 3. The van der Waals surface area contributed by atoms with Gasteiger partial charge in [0.1, 0.15) is 0 Å². The second kappa shape index (κ2) is 6.05. The first-order chi connectivity index (χ1) is 11.5. The van der Waals surface area contributed by atoms with E-state index in [0.717, 1.165) is 49.9 Å². The molecule has 0 saturated heterocycles. The molecule has 5 fully saturated rings. The lowest BCUT2D eigenvalue weighted by Gasteiger charge is -2.55. The summed E-state index contributed by atoms with van der Waals surface area (Å²) in [6, 6.07) is 0. The van der Waals surface area contributed by atoms with Crippen LogP contribution in [-0.4, -0.2) is 24.3 Å². The van der Waals surface area contributed by atoms with E-state index in [1.54, 1.807) is 0 Å². The molecule has 5 aliphatic rings. The Kier molecular flexibility index (Phi) is 4.01. The Bertz CT molecular complexity index is 520. The molecule has 0 spiro atoms. The van der Waals surface area contributed by atoms with Gasteiger partial charge in [-0.15, -0.1) is 0 Å². The molecule has 4 bridgehead atoms. The summed E-state index contributed by atoms with van der Waals surface area (Å²) in [4.78, 5) is 35.9. The predicted octanol–water partition coefficient (Wildman–Crippen LogP) is 1.27. The highest BCUT2D eigenvalue weighted by molar-refractivity contribution is 5.86. The lowest BCUT2D eigenvalue weighted by Crippen LogP contribution is -2.54. The Morgan fingerprint density at radius 1 is 0.875 bits per heavy atom. The minimum absolute atomic E-state index is 0.0705. The third-order valence-corrected chi connectivity index (χ3v) is 6.43. The molecular formula is C18H27N3O3. The van der Waals surface area contributed by atoms with Crippen molar-refractivity contribution >= 4 is 17.7 Å². The summed E-state index contributed by atoms with van der Waals surface area (Å²) in [7, 11) is 0. The van der Waals surface area contributed by atoms with Crippen LogP contribution in [0.3, 0.4) is 0 Å². The Morgan fingerprint density at radius 3 is 2.00 bits per heavy atom. The first kappa shape index (κ1) is 15.9. The summed E-state index contributed by atoms with van der Waals surface area (Å²) in [6.45, 7) is 0.339. The molecular weight excluding hydrogens is 306 g/mol. The summed E-state index contributed by atoms with van der Waals surface area (Å²) >= 11 is 0. The van der Waals surface area contributed by atoms with Crippen molar-refractivity contribution in [3.8, 4) is 0 Å². The highest BCUT2D eigenvalue weighted by atomic mass is 16.2. The number of hydrogen-bond acceptors (Lipinski definition) is 3. The molecule has 5 saturated carbocycles. The van der Waals surface area contributed by atoms with Crippen molar-refractivity contribution in [1.29, 1.82) is 0 Å². The molecule has 132 valence electrons. The smallest absolute Gasteiger partial charge is 0.241 e. The molecule has 0 radical (unpaired) electrons. The molecule has 0 aromatic rings. The molecule has 5 aliphatic carbocycles. The maximum atomic E-state index is 12.7. The standard InChI is InChI=1S/C18H27N3O3/c22-15(20-21-16(23)14-1-2-14)3-4-19-17(24)18-8-11-5-12(9-18)7-13(6-11)10-18/h11-14H,1-10H2,(H,19,24)(H,20,22)(H,21,23). The van der Waals surface area contributed by atoms with Crippen LogP contribution < -0.4 is 16.2 Å². The van der Waals surface area contributed by atoms with Gasteiger partial charge in [-0.25, -0.2) is 0 Å². The van der Waals surface area contributed by atoms with Crippen molar-refractivity contribution in [3.05, 3.63) is 0 Å². The Balaban J connectivity index is 1.21. The third kappa shape index (κ3) is 3.15. The van der Waals surface area contributed by atoms with Gasteiger partial charge >= 0.3 is 0 Å². The molecule has 3 amide bonds. The van der Waals surface area contributed by atoms with Crippen molar-refractivity contribution in [2.75, 3.05) is 6.54 Å². The largest absolute Gasteiger partial charge is 0.355 e. The molecule has 0 aromatic carbocycles. The van der Waals surface area contributed by atoms with Crippen LogP contribution in [0.25, 0.3) is 0 Å². The van der Waals surface area contributed by atoms with Gasteiger partial charge in [-0.05, 0) is 69.1 Å². The molecule has 6 nitrogen and oxygen atoms in total. The Hall–Kier alpha value is -1.59. The van der Waals surface area contributed by atoms with Gasteiger partial charge in [-0.1, -0.05) is 0 Å². The van der Waals surface area contributed by atoms with Crippen LogP contribution in [0.4, 0.5) is 0 Å². The first-order valence-electron chi connectivity index (χ1n) is 9.41. The van der Waals surface area contributed by atoms with E-state index in [-0.39, 0.29) is 35.5 Å². The van der Waals surface area contributed by atoms with E-state index in [1.807, 2.05) is 0 Å². The van der Waals surface area contributed by atoms with Crippen molar-refractivity contribution in [2.24, 2.45) is 29.1 Å². The molecule has 5 rings (SSSR count). The number of hydrogen-bond donors (Lipinski definition) is 3. The zero-order valence-corrected chi connectivity index (χ0v) is 14.1. The van der Waals surface area contributed by atoms with Gasteiger partial charge in [0.15, 0.2) is 0 Å². The second-order valence-electron chi connectivity index (χ2n) is 8.52. The summed E-state index contributed by atoms with van der Waals surface area (Å²) in [5, 5.41) is 2.98. The van der Waals surface area contributed by atoms with Crippen LogP contribution in [0.2, 0.25) is 0 Å². The van der Waals surface area contributed by atoms with E-state index in [4.69, 9.17) is 0 Å². The van der Waals surface area contributed by atoms with Crippen LogP contribution in [0.5, 0.6) is 0 Å². The van der Waals surface area contributed by atoms with E-state index in [2.05, 4.69) is 16.2 Å². The maximum absolute atomic E-state index is 12.7. The Morgan fingerprint density at radius 2 is 1.46 bits per heavy atom. The van der Waals surface area contributed by atoms with Gasteiger partial charge < -0.3 is 5.32 Å². The number of nitrogens with one attached hydrogen (secondary N) is 3. The van der Waals surface area contributed by atoms with Crippen LogP contribution >= 0.6 is 0 Å². The van der Waals surface area contributed by atoms with Gasteiger partial charge in [0.25, 0.3) is 0 Å². The average Bonchev–Trinajstić information content (AvgIpc) is 3.36. The maximum Gasteiger partial charge on any atom is 0.241 e. The zero-order chi connectivity index (χ0) is 16.7. The van der Waals surface area contributed by atoms with Crippen molar-refractivity contribution in [2.45, 2.75) is 57.8 Å². The summed E-state index contributed by atoms with van der Waals surface area (Å²) in [5.41, 5.74) is 4.70. The van der Waals surface area contributed by atoms with Crippen LogP contribution in [-0.2, 0) is 14.4 Å². The molecule has 0 aliphatic heterocycles. The highest BCUT2D eigenvalue weighted by Crippen LogP contribution is 2.60. The summed E-state index contributed by atoms with van der Waals surface area (Å²) in [6.07, 6.45) is 9.06. The number of amides is 3. The summed E-state index contributed by atoms with van der Waals surface area (Å²) < 4.78 is 0. The summed E-state index contributed by atoms with van der Waals surface area (Å²) in [5.74, 6) is 2.07. The number of rotatable bonds is 5. The van der Waals surface area contributed by atoms with Gasteiger partial charge in [-0.2, -0.15) is 0 Å². The first-order valence-corrected chi connectivity index (χ1v) is 9.41. The fourth-order valence-electron chi connectivity index (χ4n) is 5.51. The molecule has 0 atom stereocenters. The van der Waals surface area contributed by atoms with Crippen LogP contribution in [0.15, 0.2) is 0 Å². The minimum Gasteiger partial charge on any atom is -0.355 e. The van der Waals surface area contributed by atoms with Gasteiger partial charge in [0.05, 0.1) is 0 Å². The SMILES string of the molecule is O=C(CCNC(=O)C12CC3CC(CC(C3)C1)C2)NNC(=O)C1CC1. The molecule has 6 heteroatoms. The van der Waals surface area contributed by atoms with Crippen molar-refractivity contribution < 1.29 is 14.4 Å². The van der Waals surface area contributed by atoms with E-state index in [1.165, 1.54) is 19.3 Å². The molecule has 24 heavy (non-hydrogen) atoms. The topological polar surface area (TPSA) is 87.3 Å². The van der Waals surface area contributed by atoms with Gasteiger partial charge in [0, 0.05) is 24.3 Å². The lowest BCUT2D eigenvalue weighted by molar-refractivity contribution is -0.146. The molecule has 0 heterocycles. The highest BCUT2D eigenvalue weighted by Gasteiger charge is 2.54. The van der Waals surface area contributed by atoms with E-state index in [0.29, 0.717) is 6.54 Å². The van der Waals surface area contributed by atoms with Crippen molar-refractivity contribution in [1.82, 2.24) is 16.2 Å². The molecule has 3 N–H and O–H groups in total. The Labute approximate surface area is 142 Å². The van der Waals surface area contributed by atoms with E-state index < -0.39 is 0 Å². The second-order valence-corrected chi connectivity index (χ2v) is 8.52. The normalized spacial score (nSPS) is 36.2. The monoisotopic (exact) mass is 333 g/mol. The number of hydrazine groups is 1. The quantitative estimate of drug-likeness (QED) is 0.662. The lowest BCUT2D eigenvalue weighted by atomic mass is 9.49. The third-order valence-electron chi connectivity index (χ3n) is 6.43. The van der Waals surface area contributed by atoms with E-state index >= 15 is 0 Å². The van der Waals surface area contributed by atoms with Crippen molar-refractivity contribution in [3.63, 3.8) is 0 Å². The van der Waals surface area contributed by atoms with Crippen LogP contribution in [0, 0.1) is 29.1 Å². The minimum atomic E-state index is -0.255. The average molecular weight is 333 g/mol. The number of carbonyl (C=O) groups is 3. The molecule has 0 unspecified atom stereocenters. The fraction of sp³-hybridized carbons (Fsp3) is 0.833. The van der Waals surface area contributed by atoms with Gasteiger partial charge in [-0.3, -0.25) is 25.2 Å². The van der Waals surface area contributed by atoms with Crippen LogP contribution in [0.1, 0.15) is 57.8 Å². The molecule has 0 aromatic heterocycles. The zero-order valence-electron chi connectivity index (χ0n) is 14.1. The fourth-order valence-corrected chi connectivity index (χ4v) is 5.51.